The van der Waals surface area contributed by atoms with Crippen LogP contribution in [-0.4, -0.2) is 29.6 Å². The largest absolute Gasteiger partial charge is 0.493 e. The van der Waals surface area contributed by atoms with E-state index in [0.29, 0.717) is 40.5 Å². The molecule has 1 heterocycles. The van der Waals surface area contributed by atoms with Gasteiger partial charge in [-0.15, -0.1) is 0 Å². The number of amides is 1. The zero-order valence-electron chi connectivity index (χ0n) is 15.7. The van der Waals surface area contributed by atoms with E-state index >= 15 is 0 Å². The summed E-state index contributed by atoms with van der Waals surface area (Å²) in [6.45, 7) is 3.00. The summed E-state index contributed by atoms with van der Waals surface area (Å²) < 4.78 is 11.3. The second-order valence-electron chi connectivity index (χ2n) is 6.27. The molecule has 3 rings (SSSR count). The third-order valence-electron chi connectivity index (χ3n) is 4.22. The fourth-order valence-electron chi connectivity index (χ4n) is 2.80. The highest BCUT2D eigenvalue weighted by Gasteiger charge is 2.29. The summed E-state index contributed by atoms with van der Waals surface area (Å²) in [5.74, 6) is 1.09. The van der Waals surface area contributed by atoms with Crippen molar-refractivity contribution in [2.75, 3.05) is 13.7 Å². The van der Waals surface area contributed by atoms with Gasteiger partial charge in [-0.05, 0) is 60.1 Å². The summed E-state index contributed by atoms with van der Waals surface area (Å²) >= 11 is 11.1. The minimum atomic E-state index is -0.117. The number of carbonyl (C=O) groups is 1. The molecule has 0 saturated carbocycles. The van der Waals surface area contributed by atoms with E-state index < -0.39 is 0 Å². The van der Waals surface area contributed by atoms with Crippen LogP contribution in [0.2, 0.25) is 5.02 Å². The second kappa shape index (κ2) is 9.08. The summed E-state index contributed by atoms with van der Waals surface area (Å²) in [5, 5.41) is 4.10. The Balaban J connectivity index is 1.75. The minimum absolute atomic E-state index is 0.117. The molecule has 146 valence electrons. The van der Waals surface area contributed by atoms with E-state index in [1.807, 2.05) is 49.4 Å². The Morgan fingerprint density at radius 1 is 1.18 bits per heavy atom. The molecule has 0 aliphatic carbocycles. The first kappa shape index (κ1) is 20.2. The fraction of sp³-hybridized carbons (Fsp3) is 0.238. The maximum atomic E-state index is 12.5. The number of nitrogens with one attached hydrogen (secondary N) is 1. The van der Waals surface area contributed by atoms with Crippen molar-refractivity contribution in [3.05, 3.63) is 64.3 Å². The summed E-state index contributed by atoms with van der Waals surface area (Å²) in [5.41, 5.74) is 2.27. The average molecular weight is 417 g/mol. The third kappa shape index (κ3) is 4.64. The number of hydrogen-bond acceptors (Lipinski definition) is 4. The molecule has 28 heavy (non-hydrogen) atoms. The van der Waals surface area contributed by atoms with E-state index in [1.54, 1.807) is 18.1 Å². The second-order valence-corrected chi connectivity index (χ2v) is 7.09. The molecule has 1 aliphatic heterocycles. The maximum absolute atomic E-state index is 12.5. The molecular weight excluding hydrogens is 396 g/mol. The van der Waals surface area contributed by atoms with E-state index in [4.69, 9.17) is 33.3 Å². The van der Waals surface area contributed by atoms with Crippen LogP contribution >= 0.6 is 23.8 Å². The van der Waals surface area contributed by atoms with Crippen molar-refractivity contribution in [3.8, 4) is 11.5 Å². The standard InChI is InChI=1S/C21H21ClN2O3S/c1-3-10-24-20(25)17(23-21(24)28)11-15-6-9-18(19(12-15)26-2)27-13-14-4-7-16(22)8-5-14/h4-9,11-12H,3,10,13H2,1-2H3,(H,23,28)/b17-11-. The molecule has 2 aromatic rings. The van der Waals surface area contributed by atoms with Crippen molar-refractivity contribution in [2.24, 2.45) is 0 Å². The summed E-state index contributed by atoms with van der Waals surface area (Å²) in [4.78, 5) is 14.0. The monoisotopic (exact) mass is 416 g/mol. The van der Waals surface area contributed by atoms with Crippen LogP contribution in [0.15, 0.2) is 48.2 Å². The number of rotatable bonds is 7. The van der Waals surface area contributed by atoms with Gasteiger partial charge >= 0.3 is 0 Å². The Kier molecular flexibility index (Phi) is 6.54. The Labute approximate surface area is 174 Å². The van der Waals surface area contributed by atoms with Gasteiger partial charge in [-0.25, -0.2) is 0 Å². The van der Waals surface area contributed by atoms with E-state index in [1.165, 1.54) is 0 Å². The predicted molar refractivity (Wildman–Crippen MR) is 114 cm³/mol. The lowest BCUT2D eigenvalue weighted by Gasteiger charge is -2.12. The third-order valence-corrected chi connectivity index (χ3v) is 4.79. The van der Waals surface area contributed by atoms with Gasteiger partial charge in [0.2, 0.25) is 0 Å². The van der Waals surface area contributed by atoms with Gasteiger partial charge in [-0.1, -0.05) is 36.7 Å². The SMILES string of the molecule is CCCN1C(=O)/C(=C/c2ccc(OCc3ccc(Cl)cc3)c(OC)c2)NC1=S. The summed E-state index contributed by atoms with van der Waals surface area (Å²) in [7, 11) is 1.58. The molecule has 7 heteroatoms. The normalized spacial score (nSPS) is 15.1. The summed E-state index contributed by atoms with van der Waals surface area (Å²) in [6.07, 6.45) is 2.60. The van der Waals surface area contributed by atoms with Crippen LogP contribution in [0.5, 0.6) is 11.5 Å². The molecule has 0 atom stereocenters. The molecule has 1 amide bonds. The minimum Gasteiger partial charge on any atom is -0.493 e. The number of methoxy groups -OCH3 is 1. The van der Waals surface area contributed by atoms with Gasteiger partial charge in [-0.2, -0.15) is 0 Å². The Morgan fingerprint density at radius 3 is 2.61 bits per heavy atom. The van der Waals surface area contributed by atoms with Crippen LogP contribution < -0.4 is 14.8 Å². The van der Waals surface area contributed by atoms with Crippen LogP contribution in [0, 0.1) is 0 Å². The van der Waals surface area contributed by atoms with Crippen molar-refractivity contribution >= 4 is 40.9 Å². The quantitative estimate of drug-likeness (QED) is 0.535. The Morgan fingerprint density at radius 2 is 1.93 bits per heavy atom. The number of hydrogen-bond donors (Lipinski definition) is 1. The first-order chi connectivity index (χ1) is 13.5. The number of thiocarbonyl (C=S) groups is 1. The number of halogens is 1. The van der Waals surface area contributed by atoms with E-state index in [9.17, 15) is 4.79 Å². The average Bonchev–Trinajstić information content (AvgIpc) is 2.96. The molecule has 0 spiro atoms. The van der Waals surface area contributed by atoms with Crippen LogP contribution in [0.4, 0.5) is 0 Å². The van der Waals surface area contributed by atoms with E-state index in [2.05, 4.69) is 5.32 Å². The van der Waals surface area contributed by atoms with E-state index in [0.717, 1.165) is 17.5 Å². The Hall–Kier alpha value is -2.57. The fourth-order valence-corrected chi connectivity index (χ4v) is 3.21. The zero-order valence-corrected chi connectivity index (χ0v) is 17.3. The first-order valence-corrected chi connectivity index (χ1v) is 9.70. The molecule has 0 aromatic heterocycles. The number of ether oxygens (including phenoxy) is 2. The molecule has 0 unspecified atom stereocenters. The molecule has 5 nitrogen and oxygen atoms in total. The highest BCUT2D eigenvalue weighted by Crippen LogP contribution is 2.30. The lowest BCUT2D eigenvalue weighted by Crippen LogP contribution is -2.31. The lowest BCUT2D eigenvalue weighted by molar-refractivity contribution is -0.122. The Bertz CT molecular complexity index is 912. The van der Waals surface area contributed by atoms with Crippen molar-refractivity contribution < 1.29 is 14.3 Å². The molecule has 1 saturated heterocycles. The van der Waals surface area contributed by atoms with Crippen molar-refractivity contribution in [1.29, 1.82) is 0 Å². The maximum Gasteiger partial charge on any atom is 0.276 e. The van der Waals surface area contributed by atoms with Crippen molar-refractivity contribution in [2.45, 2.75) is 20.0 Å². The molecule has 0 radical (unpaired) electrons. The molecule has 2 aromatic carbocycles. The van der Waals surface area contributed by atoms with Crippen LogP contribution in [0.3, 0.4) is 0 Å². The molecule has 1 fully saturated rings. The lowest BCUT2D eigenvalue weighted by atomic mass is 10.1. The van der Waals surface area contributed by atoms with Gasteiger partial charge in [-0.3, -0.25) is 9.69 Å². The molecule has 0 bridgehead atoms. The molecule has 1 N–H and O–H groups in total. The van der Waals surface area contributed by atoms with Gasteiger partial charge in [0.05, 0.1) is 7.11 Å². The topological polar surface area (TPSA) is 50.8 Å². The number of carbonyl (C=O) groups excluding carboxylic acids is 1. The van der Waals surface area contributed by atoms with Crippen LogP contribution in [-0.2, 0) is 11.4 Å². The number of nitrogens with zero attached hydrogens (tertiary/aromatic N) is 1. The highest BCUT2D eigenvalue weighted by molar-refractivity contribution is 7.80. The first-order valence-electron chi connectivity index (χ1n) is 8.91. The predicted octanol–water partition coefficient (Wildman–Crippen LogP) is 4.40. The molecular formula is C21H21ClN2O3S. The zero-order chi connectivity index (χ0) is 20.1. The van der Waals surface area contributed by atoms with E-state index in [-0.39, 0.29) is 5.91 Å². The smallest absolute Gasteiger partial charge is 0.276 e. The van der Waals surface area contributed by atoms with Gasteiger partial charge in [0.25, 0.3) is 5.91 Å². The van der Waals surface area contributed by atoms with Gasteiger partial charge in [0, 0.05) is 11.6 Å². The molecule has 1 aliphatic rings. The van der Waals surface area contributed by atoms with Crippen molar-refractivity contribution in [1.82, 2.24) is 10.2 Å². The number of benzene rings is 2. The van der Waals surface area contributed by atoms with Crippen LogP contribution in [0.1, 0.15) is 24.5 Å². The van der Waals surface area contributed by atoms with Crippen LogP contribution in [0.25, 0.3) is 6.08 Å². The highest BCUT2D eigenvalue weighted by atomic mass is 35.5. The van der Waals surface area contributed by atoms with Gasteiger partial charge < -0.3 is 14.8 Å². The van der Waals surface area contributed by atoms with Gasteiger partial charge in [0.15, 0.2) is 16.6 Å². The van der Waals surface area contributed by atoms with Gasteiger partial charge in [0.1, 0.15) is 12.3 Å². The van der Waals surface area contributed by atoms with Crippen molar-refractivity contribution in [3.63, 3.8) is 0 Å². The summed E-state index contributed by atoms with van der Waals surface area (Å²) in [6, 6.07) is 13.0.